The highest BCUT2D eigenvalue weighted by atomic mass is 15.2. The summed E-state index contributed by atoms with van der Waals surface area (Å²) in [7, 11) is 0. The summed E-state index contributed by atoms with van der Waals surface area (Å²) in [5, 5.41) is 0. The summed E-state index contributed by atoms with van der Waals surface area (Å²) in [6.07, 6.45) is 0. The maximum Gasteiger partial charge on any atom is 0.0733 e. The van der Waals surface area contributed by atoms with E-state index in [9.17, 15) is 0 Å². The summed E-state index contributed by atoms with van der Waals surface area (Å²) >= 11 is 0. The van der Waals surface area contributed by atoms with Crippen molar-refractivity contribution in [3.8, 4) is 33.4 Å². The lowest BCUT2D eigenvalue weighted by Gasteiger charge is -2.40. The Bertz CT molecular complexity index is 3130. The Hall–Kier alpha value is -6.44. The van der Waals surface area contributed by atoms with Gasteiger partial charge in [0.25, 0.3) is 0 Å². The normalized spacial score (nSPS) is 15.7. The van der Waals surface area contributed by atoms with Crippen molar-refractivity contribution in [2.24, 2.45) is 0 Å². The number of hydrogen-bond acceptors (Lipinski definition) is 1. The molecule has 0 unspecified atom stereocenters. The fraction of sp³-hybridized carbons (Fsp3) is 0.238. The highest BCUT2D eigenvalue weighted by molar-refractivity contribution is 5.95. The van der Waals surface area contributed by atoms with Crippen LogP contribution < -0.4 is 4.90 Å². The maximum atomic E-state index is 2.65. The topological polar surface area (TPSA) is 3.24 Å². The molecule has 1 heteroatoms. The Morgan fingerprint density at radius 3 is 1.50 bits per heavy atom. The molecule has 0 amide bonds. The molecule has 0 aliphatic heterocycles. The van der Waals surface area contributed by atoms with Crippen LogP contribution in [0.25, 0.3) is 33.4 Å². The van der Waals surface area contributed by atoms with Gasteiger partial charge in [0.15, 0.2) is 0 Å². The van der Waals surface area contributed by atoms with Gasteiger partial charge in [-0.25, -0.2) is 0 Å². The summed E-state index contributed by atoms with van der Waals surface area (Å²) in [6.45, 7) is 24.0. The van der Waals surface area contributed by atoms with Crippen LogP contribution in [0.4, 0.5) is 17.1 Å². The van der Waals surface area contributed by atoms with Gasteiger partial charge in [0.05, 0.1) is 16.8 Å². The summed E-state index contributed by atoms with van der Waals surface area (Å²) in [5.41, 5.74) is 24.0. The summed E-state index contributed by atoms with van der Waals surface area (Å²) in [4.78, 5) is 2.65. The highest BCUT2D eigenvalue weighted by Crippen LogP contribution is 2.62. The molecule has 0 heterocycles. The highest BCUT2D eigenvalue weighted by Gasteiger charge is 2.49. The third kappa shape index (κ3) is 5.55. The van der Waals surface area contributed by atoms with E-state index in [0.717, 1.165) is 0 Å². The van der Waals surface area contributed by atoms with Crippen molar-refractivity contribution < 1.29 is 0 Å². The van der Waals surface area contributed by atoms with Crippen molar-refractivity contribution >= 4 is 17.1 Å². The molecule has 0 radical (unpaired) electrons. The Morgan fingerprint density at radius 2 is 0.875 bits per heavy atom. The molecule has 316 valence electrons. The van der Waals surface area contributed by atoms with E-state index in [1.807, 2.05) is 0 Å². The number of nitrogens with zero attached hydrogens (tertiary/aromatic N) is 1. The van der Waals surface area contributed by atoms with E-state index in [-0.39, 0.29) is 21.7 Å². The number of para-hydroxylation sites is 1. The predicted molar refractivity (Wildman–Crippen MR) is 271 cm³/mol. The van der Waals surface area contributed by atoms with Gasteiger partial charge in [-0.05, 0) is 124 Å². The van der Waals surface area contributed by atoms with Gasteiger partial charge >= 0.3 is 0 Å². The van der Waals surface area contributed by atoms with Crippen LogP contribution in [0.1, 0.15) is 125 Å². The number of anilines is 3. The van der Waals surface area contributed by atoms with Crippen LogP contribution >= 0.6 is 0 Å². The van der Waals surface area contributed by atoms with Gasteiger partial charge in [-0.1, -0.05) is 221 Å². The second-order valence-corrected chi connectivity index (χ2v) is 21.7. The van der Waals surface area contributed by atoms with Crippen LogP contribution in [0, 0.1) is 0 Å². The zero-order valence-corrected chi connectivity index (χ0v) is 39.2. The van der Waals surface area contributed by atoms with Gasteiger partial charge in [-0.2, -0.15) is 0 Å². The molecular formula is C63H59N. The minimum atomic E-state index is -0.590. The van der Waals surface area contributed by atoms with Gasteiger partial charge in [0, 0.05) is 16.5 Å². The first-order valence-corrected chi connectivity index (χ1v) is 23.3. The lowest BCUT2D eigenvalue weighted by atomic mass is 9.67. The number of rotatable bonds is 5. The smallest absolute Gasteiger partial charge is 0.0733 e. The third-order valence-corrected chi connectivity index (χ3v) is 15.2. The monoisotopic (exact) mass is 829 g/mol. The molecule has 0 bridgehead atoms. The Kier molecular flexibility index (Phi) is 8.69. The molecule has 0 saturated carbocycles. The van der Waals surface area contributed by atoms with E-state index in [1.54, 1.807) is 0 Å². The van der Waals surface area contributed by atoms with E-state index in [2.05, 4.69) is 250 Å². The summed E-state index contributed by atoms with van der Waals surface area (Å²) in [5.74, 6) is 0. The Labute approximate surface area is 381 Å². The zero-order chi connectivity index (χ0) is 44.6. The van der Waals surface area contributed by atoms with E-state index in [0.29, 0.717) is 0 Å². The second kappa shape index (κ2) is 13.8. The minimum absolute atomic E-state index is 0.00106. The van der Waals surface area contributed by atoms with Crippen LogP contribution in [0.5, 0.6) is 0 Å². The van der Waals surface area contributed by atoms with Crippen LogP contribution in [-0.4, -0.2) is 0 Å². The van der Waals surface area contributed by atoms with Gasteiger partial charge in [0.1, 0.15) is 0 Å². The molecule has 0 fully saturated rings. The lowest BCUT2D eigenvalue weighted by Crippen LogP contribution is -2.31. The fourth-order valence-electron chi connectivity index (χ4n) is 12.2. The Balaban J connectivity index is 1.25. The standard InChI is InChI=1S/C63H59N/c1-59(2,3)41-37-48-47-28-22-34-56(58(47)62(9,10)57(48)54(38-41)60(4,5)6)64(42-35-36-46-43-25-14-17-29-49(43)61(7,8)53(46)39-42)55-33-21-20-32-52(55)63(40-23-12-11-13-24-40)50-30-18-15-26-44(50)45-27-16-19-31-51(45)63/h11-39H,1-10H3. The van der Waals surface area contributed by atoms with Crippen molar-refractivity contribution in [1.82, 2.24) is 0 Å². The first-order valence-electron chi connectivity index (χ1n) is 23.3. The predicted octanol–water partition coefficient (Wildman–Crippen LogP) is 16.7. The molecule has 0 N–H and O–H groups in total. The third-order valence-electron chi connectivity index (χ3n) is 15.2. The van der Waals surface area contributed by atoms with Gasteiger partial charge in [-0.15, -0.1) is 0 Å². The molecule has 3 aliphatic rings. The quantitative estimate of drug-likeness (QED) is 0.167. The van der Waals surface area contributed by atoms with Crippen LogP contribution in [-0.2, 0) is 27.1 Å². The van der Waals surface area contributed by atoms with E-state index in [4.69, 9.17) is 0 Å². The largest absolute Gasteiger partial charge is 0.310 e. The van der Waals surface area contributed by atoms with Crippen LogP contribution in [0.15, 0.2) is 176 Å². The minimum Gasteiger partial charge on any atom is -0.310 e. The molecule has 64 heavy (non-hydrogen) atoms. The molecule has 0 atom stereocenters. The van der Waals surface area contributed by atoms with Crippen molar-refractivity contribution in [3.05, 3.63) is 232 Å². The first-order chi connectivity index (χ1) is 30.6. The van der Waals surface area contributed by atoms with Gasteiger partial charge in [-0.3, -0.25) is 0 Å². The van der Waals surface area contributed by atoms with Gasteiger partial charge < -0.3 is 4.90 Å². The van der Waals surface area contributed by atoms with Crippen molar-refractivity contribution in [3.63, 3.8) is 0 Å². The number of hydrogen-bond donors (Lipinski definition) is 0. The van der Waals surface area contributed by atoms with Crippen LogP contribution in [0.2, 0.25) is 0 Å². The second-order valence-electron chi connectivity index (χ2n) is 21.7. The molecule has 0 aromatic heterocycles. The molecule has 0 spiro atoms. The Morgan fingerprint density at radius 1 is 0.359 bits per heavy atom. The van der Waals surface area contributed by atoms with Crippen LogP contribution in [0.3, 0.4) is 0 Å². The average Bonchev–Trinajstić information content (AvgIpc) is 3.81. The summed E-state index contributed by atoms with van der Waals surface area (Å²) in [6, 6.07) is 67.3. The van der Waals surface area contributed by atoms with E-state index in [1.165, 1.54) is 106 Å². The first kappa shape index (κ1) is 40.3. The molecule has 3 aliphatic carbocycles. The molecular weight excluding hydrogens is 771 g/mol. The lowest BCUT2D eigenvalue weighted by molar-refractivity contribution is 0.545. The van der Waals surface area contributed by atoms with Crippen molar-refractivity contribution in [1.29, 1.82) is 0 Å². The molecule has 8 aromatic carbocycles. The summed E-state index contributed by atoms with van der Waals surface area (Å²) < 4.78 is 0. The number of benzene rings is 8. The van der Waals surface area contributed by atoms with E-state index < -0.39 is 5.41 Å². The van der Waals surface area contributed by atoms with Gasteiger partial charge in [0.2, 0.25) is 0 Å². The maximum absolute atomic E-state index is 2.65. The number of fused-ring (bicyclic) bond motifs is 9. The van der Waals surface area contributed by atoms with E-state index >= 15 is 0 Å². The zero-order valence-electron chi connectivity index (χ0n) is 39.2. The molecule has 0 saturated heterocycles. The fourth-order valence-corrected chi connectivity index (χ4v) is 12.2. The van der Waals surface area contributed by atoms with Crippen molar-refractivity contribution in [2.75, 3.05) is 4.90 Å². The molecule has 11 rings (SSSR count). The SMILES string of the molecule is CC(C)(C)c1cc2c(c(C(C)(C)C)c1)C(C)(C)c1c-2cccc1N(c1ccc2c(c1)C(C)(C)c1ccccc1-2)c1ccccc1C1(c2ccccc2)c2ccccc2-c2ccccc21. The average molecular weight is 830 g/mol. The molecule has 1 nitrogen and oxygen atoms in total. The molecule has 8 aromatic rings. The van der Waals surface area contributed by atoms with Crippen molar-refractivity contribution in [2.45, 2.75) is 96.3 Å².